The van der Waals surface area contributed by atoms with Crippen molar-refractivity contribution in [2.24, 2.45) is 5.92 Å². The molecule has 100 valence electrons. The van der Waals surface area contributed by atoms with E-state index in [-0.39, 0.29) is 0 Å². The number of ether oxygens (including phenoxy) is 2. The highest BCUT2D eigenvalue weighted by Gasteiger charge is 2.17. The molecule has 2 aliphatic heterocycles. The summed E-state index contributed by atoms with van der Waals surface area (Å²) in [5.74, 6) is 0.925. The molecule has 1 N–H and O–H groups in total. The Hall–Kier alpha value is -0.160. The molecule has 17 heavy (non-hydrogen) atoms. The molecule has 0 radical (unpaired) electrons. The van der Waals surface area contributed by atoms with Crippen LogP contribution >= 0.6 is 0 Å². The number of rotatable bonds is 5. The van der Waals surface area contributed by atoms with Gasteiger partial charge in [-0.3, -0.25) is 0 Å². The lowest BCUT2D eigenvalue weighted by atomic mass is 9.94. The Morgan fingerprint density at radius 1 is 1.24 bits per heavy atom. The van der Waals surface area contributed by atoms with E-state index in [9.17, 15) is 0 Å². The Kier molecular flexibility index (Phi) is 5.71. The summed E-state index contributed by atoms with van der Waals surface area (Å²) in [7, 11) is 2.22. The molecule has 2 fully saturated rings. The molecule has 2 aliphatic rings. The monoisotopic (exact) mass is 242 g/mol. The maximum Gasteiger partial charge on any atom is 0.147 e. The summed E-state index contributed by atoms with van der Waals surface area (Å²) in [5, 5.41) is 3.52. The third kappa shape index (κ3) is 4.92. The van der Waals surface area contributed by atoms with Crippen LogP contribution in [0.5, 0.6) is 0 Å². The van der Waals surface area contributed by atoms with Crippen LogP contribution in [0.15, 0.2) is 0 Å². The molecule has 4 nitrogen and oxygen atoms in total. The number of nitrogens with zero attached hydrogens (tertiary/aromatic N) is 1. The van der Waals surface area contributed by atoms with Crippen molar-refractivity contribution in [3.63, 3.8) is 0 Å². The van der Waals surface area contributed by atoms with E-state index in [4.69, 9.17) is 9.47 Å². The van der Waals surface area contributed by atoms with Crippen molar-refractivity contribution in [2.75, 3.05) is 46.6 Å². The van der Waals surface area contributed by atoms with Crippen molar-refractivity contribution < 1.29 is 9.47 Å². The molecule has 0 saturated carbocycles. The van der Waals surface area contributed by atoms with Crippen LogP contribution in [0.1, 0.15) is 25.7 Å². The highest BCUT2D eigenvalue weighted by molar-refractivity contribution is 4.71. The Morgan fingerprint density at radius 2 is 2.06 bits per heavy atom. The number of piperidine rings is 1. The van der Waals surface area contributed by atoms with E-state index in [1.807, 2.05) is 0 Å². The summed E-state index contributed by atoms with van der Waals surface area (Å²) >= 11 is 0. The standard InChI is InChI=1S/C13H26N2O2/c1-15-7-3-12(4-8-15)2-6-14-10-13-5-9-16-11-17-13/h12-14H,2-11H2,1H3. The maximum atomic E-state index is 5.49. The van der Waals surface area contributed by atoms with Gasteiger partial charge in [-0.25, -0.2) is 0 Å². The van der Waals surface area contributed by atoms with E-state index >= 15 is 0 Å². The molecule has 0 aromatic heterocycles. The van der Waals surface area contributed by atoms with E-state index in [0.29, 0.717) is 12.9 Å². The van der Waals surface area contributed by atoms with Crippen LogP contribution in [0.4, 0.5) is 0 Å². The average molecular weight is 242 g/mol. The fourth-order valence-electron chi connectivity index (χ4n) is 2.58. The molecule has 0 amide bonds. The van der Waals surface area contributed by atoms with Crippen molar-refractivity contribution in [3.05, 3.63) is 0 Å². The maximum absolute atomic E-state index is 5.49. The molecular weight excluding hydrogens is 216 g/mol. The van der Waals surface area contributed by atoms with E-state index in [2.05, 4.69) is 17.3 Å². The van der Waals surface area contributed by atoms with E-state index < -0.39 is 0 Å². The van der Waals surface area contributed by atoms with Crippen molar-refractivity contribution in [3.8, 4) is 0 Å². The van der Waals surface area contributed by atoms with Crippen LogP contribution in [0.3, 0.4) is 0 Å². The molecule has 1 unspecified atom stereocenters. The zero-order valence-corrected chi connectivity index (χ0v) is 11.0. The summed E-state index contributed by atoms with van der Waals surface area (Å²) in [6.07, 6.45) is 5.44. The van der Waals surface area contributed by atoms with Gasteiger partial charge < -0.3 is 19.7 Å². The van der Waals surface area contributed by atoms with Gasteiger partial charge in [0.1, 0.15) is 6.79 Å². The topological polar surface area (TPSA) is 33.7 Å². The van der Waals surface area contributed by atoms with Crippen LogP contribution in [-0.4, -0.2) is 57.6 Å². The van der Waals surface area contributed by atoms with Gasteiger partial charge in [-0.2, -0.15) is 0 Å². The van der Waals surface area contributed by atoms with E-state index in [0.717, 1.165) is 32.0 Å². The van der Waals surface area contributed by atoms with Gasteiger partial charge in [0, 0.05) is 6.54 Å². The lowest BCUT2D eigenvalue weighted by Gasteiger charge is -2.29. The molecule has 0 spiro atoms. The molecule has 0 aliphatic carbocycles. The Bertz CT molecular complexity index is 200. The first-order valence-electron chi connectivity index (χ1n) is 6.93. The molecule has 1 atom stereocenters. The van der Waals surface area contributed by atoms with Gasteiger partial charge in [-0.05, 0) is 58.3 Å². The molecule has 0 aromatic rings. The second-order valence-electron chi connectivity index (χ2n) is 5.34. The molecule has 2 heterocycles. The smallest absolute Gasteiger partial charge is 0.147 e. The lowest BCUT2D eigenvalue weighted by Crippen LogP contribution is -2.36. The summed E-state index contributed by atoms with van der Waals surface area (Å²) < 4.78 is 10.6. The summed E-state index contributed by atoms with van der Waals surface area (Å²) in [4.78, 5) is 2.43. The molecule has 4 heteroatoms. The second kappa shape index (κ2) is 7.31. The summed E-state index contributed by atoms with van der Waals surface area (Å²) in [6.45, 7) is 5.98. The predicted octanol–water partition coefficient (Wildman–Crippen LogP) is 1.07. The molecule has 0 aromatic carbocycles. The van der Waals surface area contributed by atoms with Crippen LogP contribution in [0, 0.1) is 5.92 Å². The van der Waals surface area contributed by atoms with Crippen LogP contribution in [0.2, 0.25) is 0 Å². The van der Waals surface area contributed by atoms with Gasteiger partial charge >= 0.3 is 0 Å². The fourth-order valence-corrected chi connectivity index (χ4v) is 2.58. The summed E-state index contributed by atoms with van der Waals surface area (Å²) in [6, 6.07) is 0. The summed E-state index contributed by atoms with van der Waals surface area (Å²) in [5.41, 5.74) is 0. The van der Waals surface area contributed by atoms with Gasteiger partial charge in [-0.1, -0.05) is 0 Å². The number of hydrogen-bond donors (Lipinski definition) is 1. The SMILES string of the molecule is CN1CCC(CCNCC2CCOCO2)CC1. The minimum absolute atomic E-state index is 0.362. The van der Waals surface area contributed by atoms with Gasteiger partial charge in [0.25, 0.3) is 0 Å². The lowest BCUT2D eigenvalue weighted by molar-refractivity contribution is -0.137. The minimum atomic E-state index is 0.362. The minimum Gasteiger partial charge on any atom is -0.355 e. The first-order valence-corrected chi connectivity index (χ1v) is 6.93. The molecular formula is C13H26N2O2. The second-order valence-corrected chi connectivity index (χ2v) is 5.34. The van der Waals surface area contributed by atoms with Crippen LogP contribution < -0.4 is 5.32 Å². The predicted molar refractivity (Wildman–Crippen MR) is 68.0 cm³/mol. The first kappa shape index (κ1) is 13.3. The van der Waals surface area contributed by atoms with Crippen LogP contribution in [-0.2, 0) is 9.47 Å². The van der Waals surface area contributed by atoms with Gasteiger partial charge in [0.2, 0.25) is 0 Å². The van der Waals surface area contributed by atoms with Crippen molar-refractivity contribution in [2.45, 2.75) is 31.8 Å². The van der Waals surface area contributed by atoms with Crippen molar-refractivity contribution in [1.82, 2.24) is 10.2 Å². The number of hydrogen-bond acceptors (Lipinski definition) is 4. The third-order valence-electron chi connectivity index (χ3n) is 3.91. The molecule has 0 bridgehead atoms. The van der Waals surface area contributed by atoms with E-state index in [1.165, 1.54) is 32.4 Å². The Balaban J connectivity index is 1.48. The largest absolute Gasteiger partial charge is 0.355 e. The number of likely N-dealkylation sites (tertiary alicyclic amines) is 1. The zero-order chi connectivity index (χ0) is 11.9. The highest BCUT2D eigenvalue weighted by Crippen LogP contribution is 2.18. The highest BCUT2D eigenvalue weighted by atomic mass is 16.7. The quantitative estimate of drug-likeness (QED) is 0.731. The Labute approximate surface area is 105 Å². The average Bonchev–Trinajstić information content (AvgIpc) is 2.38. The third-order valence-corrected chi connectivity index (χ3v) is 3.91. The number of nitrogens with one attached hydrogen (secondary N) is 1. The molecule has 2 saturated heterocycles. The van der Waals surface area contributed by atoms with Gasteiger partial charge in [0.05, 0.1) is 12.7 Å². The van der Waals surface area contributed by atoms with Gasteiger partial charge in [0.15, 0.2) is 0 Å². The zero-order valence-electron chi connectivity index (χ0n) is 11.0. The van der Waals surface area contributed by atoms with Crippen LogP contribution in [0.25, 0.3) is 0 Å². The Morgan fingerprint density at radius 3 is 2.76 bits per heavy atom. The van der Waals surface area contributed by atoms with Crippen molar-refractivity contribution in [1.29, 1.82) is 0 Å². The van der Waals surface area contributed by atoms with Crippen molar-refractivity contribution >= 4 is 0 Å². The fraction of sp³-hybridized carbons (Fsp3) is 1.00. The van der Waals surface area contributed by atoms with Gasteiger partial charge in [-0.15, -0.1) is 0 Å². The van der Waals surface area contributed by atoms with E-state index in [1.54, 1.807) is 0 Å². The normalized spacial score (nSPS) is 28.4. The molecule has 2 rings (SSSR count). The first-order chi connectivity index (χ1) is 8.34.